The van der Waals surface area contributed by atoms with Crippen molar-refractivity contribution < 1.29 is 9.53 Å². The van der Waals surface area contributed by atoms with Gasteiger partial charge in [0.2, 0.25) is 5.91 Å². The molecule has 1 heterocycles. The molecule has 0 spiro atoms. The van der Waals surface area contributed by atoms with E-state index in [0.717, 1.165) is 32.4 Å². The minimum atomic E-state index is -0.0182. The van der Waals surface area contributed by atoms with E-state index in [1.165, 1.54) is 0 Å². The van der Waals surface area contributed by atoms with Crippen LogP contribution in [0.4, 0.5) is 0 Å². The molecule has 0 aromatic heterocycles. The van der Waals surface area contributed by atoms with Crippen LogP contribution < -0.4 is 5.32 Å². The number of nitrogens with zero attached hydrogens (tertiary/aromatic N) is 1. The number of carbonyl (C=O) groups excluding carboxylic acids is 1. The quantitative estimate of drug-likeness (QED) is 0.792. The fourth-order valence-electron chi connectivity index (χ4n) is 2.09. The third-order valence-electron chi connectivity index (χ3n) is 3.78. The van der Waals surface area contributed by atoms with Gasteiger partial charge in [0.05, 0.1) is 12.1 Å². The molecule has 1 fully saturated rings. The van der Waals surface area contributed by atoms with E-state index in [0.29, 0.717) is 12.6 Å². The summed E-state index contributed by atoms with van der Waals surface area (Å²) in [7, 11) is 1.84. The van der Waals surface area contributed by atoms with Crippen LogP contribution in [0.2, 0.25) is 0 Å². The molecule has 2 unspecified atom stereocenters. The van der Waals surface area contributed by atoms with Gasteiger partial charge >= 0.3 is 0 Å². The van der Waals surface area contributed by atoms with Crippen LogP contribution in [-0.2, 0) is 9.53 Å². The van der Waals surface area contributed by atoms with Gasteiger partial charge in [0, 0.05) is 26.2 Å². The molecule has 0 aromatic carbocycles. The van der Waals surface area contributed by atoms with Crippen molar-refractivity contribution >= 4 is 5.91 Å². The van der Waals surface area contributed by atoms with E-state index in [1.807, 2.05) is 14.0 Å². The first-order valence-electron chi connectivity index (χ1n) is 6.62. The highest BCUT2D eigenvalue weighted by Crippen LogP contribution is 2.27. The third-order valence-corrected chi connectivity index (χ3v) is 3.78. The SMILES string of the molecule is CCN(C)C(=O)CNC1CCOC(C)(CC)C1. The number of hydrogen-bond donors (Lipinski definition) is 1. The monoisotopic (exact) mass is 242 g/mol. The smallest absolute Gasteiger partial charge is 0.236 e. The van der Waals surface area contributed by atoms with Crippen molar-refractivity contribution in [1.82, 2.24) is 10.2 Å². The van der Waals surface area contributed by atoms with E-state index in [2.05, 4.69) is 19.2 Å². The van der Waals surface area contributed by atoms with Gasteiger partial charge in [-0.1, -0.05) is 6.92 Å². The first kappa shape index (κ1) is 14.5. The van der Waals surface area contributed by atoms with Gasteiger partial charge in [-0.3, -0.25) is 4.79 Å². The van der Waals surface area contributed by atoms with Gasteiger partial charge in [-0.05, 0) is 33.1 Å². The molecule has 0 aromatic rings. The Morgan fingerprint density at radius 3 is 2.82 bits per heavy atom. The molecule has 1 rings (SSSR count). The largest absolute Gasteiger partial charge is 0.375 e. The van der Waals surface area contributed by atoms with Crippen molar-refractivity contribution in [2.45, 2.75) is 51.7 Å². The van der Waals surface area contributed by atoms with Crippen LogP contribution in [0.5, 0.6) is 0 Å². The van der Waals surface area contributed by atoms with Gasteiger partial charge < -0.3 is 15.0 Å². The van der Waals surface area contributed by atoms with Crippen LogP contribution in [0.3, 0.4) is 0 Å². The number of rotatable bonds is 5. The number of hydrogen-bond acceptors (Lipinski definition) is 3. The topological polar surface area (TPSA) is 41.6 Å². The van der Waals surface area contributed by atoms with Gasteiger partial charge in [0.1, 0.15) is 0 Å². The van der Waals surface area contributed by atoms with Crippen molar-refractivity contribution in [1.29, 1.82) is 0 Å². The second kappa shape index (κ2) is 6.36. The molecular formula is C13H26N2O2. The number of ether oxygens (including phenoxy) is 1. The Bertz CT molecular complexity index is 258. The van der Waals surface area contributed by atoms with Crippen LogP contribution in [0, 0.1) is 0 Å². The lowest BCUT2D eigenvalue weighted by molar-refractivity contribution is -0.129. The molecule has 0 saturated carbocycles. The molecule has 17 heavy (non-hydrogen) atoms. The second-order valence-corrected chi connectivity index (χ2v) is 5.13. The van der Waals surface area contributed by atoms with Crippen LogP contribution in [-0.4, -0.2) is 49.2 Å². The van der Waals surface area contributed by atoms with E-state index in [1.54, 1.807) is 4.90 Å². The molecule has 4 nitrogen and oxygen atoms in total. The van der Waals surface area contributed by atoms with Crippen LogP contribution in [0.1, 0.15) is 40.0 Å². The summed E-state index contributed by atoms with van der Waals surface area (Å²) in [5.41, 5.74) is -0.0182. The zero-order valence-electron chi connectivity index (χ0n) is 11.6. The first-order chi connectivity index (χ1) is 8.00. The minimum absolute atomic E-state index is 0.0182. The molecule has 4 heteroatoms. The van der Waals surface area contributed by atoms with Crippen molar-refractivity contribution in [3.05, 3.63) is 0 Å². The Balaban J connectivity index is 2.35. The number of amides is 1. The summed E-state index contributed by atoms with van der Waals surface area (Å²) < 4.78 is 5.78. The van der Waals surface area contributed by atoms with Crippen molar-refractivity contribution in [2.75, 3.05) is 26.7 Å². The average Bonchev–Trinajstić information content (AvgIpc) is 2.35. The lowest BCUT2D eigenvalue weighted by Crippen LogP contribution is -2.47. The zero-order chi connectivity index (χ0) is 12.9. The van der Waals surface area contributed by atoms with Gasteiger partial charge in [0.15, 0.2) is 0 Å². The summed E-state index contributed by atoms with van der Waals surface area (Å²) >= 11 is 0. The normalized spacial score (nSPS) is 29.1. The van der Waals surface area contributed by atoms with E-state index in [9.17, 15) is 4.79 Å². The Labute approximate surface area is 105 Å². The molecule has 0 radical (unpaired) electrons. The molecule has 1 aliphatic rings. The predicted molar refractivity (Wildman–Crippen MR) is 69.0 cm³/mol. The van der Waals surface area contributed by atoms with Crippen molar-refractivity contribution in [3.63, 3.8) is 0 Å². The van der Waals surface area contributed by atoms with Crippen molar-refractivity contribution in [3.8, 4) is 0 Å². The third kappa shape index (κ3) is 4.28. The minimum Gasteiger partial charge on any atom is -0.375 e. The number of likely N-dealkylation sites (N-methyl/N-ethyl adjacent to an activating group) is 1. The maximum atomic E-state index is 11.7. The summed E-state index contributed by atoms with van der Waals surface area (Å²) in [6.07, 6.45) is 3.01. The number of carbonyl (C=O) groups is 1. The molecule has 0 aliphatic carbocycles. The Morgan fingerprint density at radius 2 is 2.24 bits per heavy atom. The van der Waals surface area contributed by atoms with E-state index in [4.69, 9.17) is 4.74 Å². The Hall–Kier alpha value is -0.610. The summed E-state index contributed by atoms with van der Waals surface area (Å²) in [6.45, 7) is 8.29. The predicted octanol–water partition coefficient (Wildman–Crippen LogP) is 1.40. The molecule has 1 N–H and O–H groups in total. The maximum absolute atomic E-state index is 11.7. The van der Waals surface area contributed by atoms with Gasteiger partial charge in [-0.25, -0.2) is 0 Å². The summed E-state index contributed by atoms with van der Waals surface area (Å²) in [5.74, 6) is 0.164. The lowest BCUT2D eigenvalue weighted by atomic mass is 9.90. The highest BCUT2D eigenvalue weighted by Gasteiger charge is 2.31. The molecule has 0 bridgehead atoms. The Morgan fingerprint density at radius 1 is 1.53 bits per heavy atom. The van der Waals surface area contributed by atoms with Crippen LogP contribution in [0.15, 0.2) is 0 Å². The highest BCUT2D eigenvalue weighted by atomic mass is 16.5. The molecule has 1 aliphatic heterocycles. The second-order valence-electron chi connectivity index (χ2n) is 5.13. The first-order valence-corrected chi connectivity index (χ1v) is 6.62. The van der Waals surface area contributed by atoms with Gasteiger partial charge in [0.25, 0.3) is 0 Å². The zero-order valence-corrected chi connectivity index (χ0v) is 11.6. The molecule has 1 saturated heterocycles. The fraction of sp³-hybridized carbons (Fsp3) is 0.923. The van der Waals surface area contributed by atoms with Crippen molar-refractivity contribution in [2.24, 2.45) is 0 Å². The molecular weight excluding hydrogens is 216 g/mol. The van der Waals surface area contributed by atoms with E-state index >= 15 is 0 Å². The average molecular weight is 242 g/mol. The number of nitrogens with one attached hydrogen (secondary N) is 1. The molecule has 100 valence electrons. The maximum Gasteiger partial charge on any atom is 0.236 e. The van der Waals surface area contributed by atoms with E-state index in [-0.39, 0.29) is 11.5 Å². The molecule has 2 atom stereocenters. The fourth-order valence-corrected chi connectivity index (χ4v) is 2.09. The standard InChI is InChI=1S/C13H26N2O2/c1-5-13(3)9-11(7-8-17-13)14-10-12(16)15(4)6-2/h11,14H,5-10H2,1-4H3. The summed E-state index contributed by atoms with van der Waals surface area (Å²) in [5, 5.41) is 3.35. The highest BCUT2D eigenvalue weighted by molar-refractivity contribution is 5.77. The Kier molecular flexibility index (Phi) is 5.40. The van der Waals surface area contributed by atoms with Gasteiger partial charge in [-0.15, -0.1) is 0 Å². The lowest BCUT2D eigenvalue weighted by Gasteiger charge is -2.38. The summed E-state index contributed by atoms with van der Waals surface area (Å²) in [6, 6.07) is 0.405. The van der Waals surface area contributed by atoms with Crippen LogP contribution >= 0.6 is 0 Å². The van der Waals surface area contributed by atoms with Crippen LogP contribution in [0.25, 0.3) is 0 Å². The summed E-state index contributed by atoms with van der Waals surface area (Å²) in [4.78, 5) is 13.4. The molecule has 1 amide bonds. The van der Waals surface area contributed by atoms with E-state index < -0.39 is 0 Å². The van der Waals surface area contributed by atoms with Gasteiger partial charge in [-0.2, -0.15) is 0 Å².